The van der Waals surface area contributed by atoms with Gasteiger partial charge in [-0.3, -0.25) is 0 Å². The first-order valence-electron chi connectivity index (χ1n) is 5.49. The molecular weight excluding hydrogens is 205 g/mol. The lowest BCUT2D eigenvalue weighted by Gasteiger charge is -2.04. The summed E-state index contributed by atoms with van der Waals surface area (Å²) >= 11 is 0. The van der Waals surface area contributed by atoms with Crippen LogP contribution >= 0.6 is 0 Å². The van der Waals surface area contributed by atoms with Crippen LogP contribution < -0.4 is 5.32 Å². The molecule has 0 spiro atoms. The number of benzene rings is 1. The van der Waals surface area contributed by atoms with Crippen molar-refractivity contribution in [2.45, 2.75) is 33.4 Å². The van der Waals surface area contributed by atoms with Gasteiger partial charge in [0.1, 0.15) is 5.76 Å². The summed E-state index contributed by atoms with van der Waals surface area (Å²) in [5, 5.41) is 4.11. The fourth-order valence-electron chi connectivity index (χ4n) is 1.67. The van der Waals surface area contributed by atoms with Crippen LogP contribution in [0.3, 0.4) is 0 Å². The normalized spacial score (nSPS) is 11.6. The Bertz CT molecular complexity index is 463. The maximum absolute atomic E-state index is 13.5. The van der Waals surface area contributed by atoms with Crippen molar-refractivity contribution in [3.8, 4) is 0 Å². The van der Waals surface area contributed by atoms with E-state index in [1.807, 2.05) is 13.0 Å². The smallest absolute Gasteiger partial charge is 0.170 e. The number of fused-ring (bicyclic) bond motifs is 1. The molecule has 0 aliphatic heterocycles. The Morgan fingerprint density at radius 1 is 1.38 bits per heavy atom. The first kappa shape index (κ1) is 11.1. The van der Waals surface area contributed by atoms with Crippen LogP contribution in [0.2, 0.25) is 0 Å². The molecule has 0 saturated heterocycles. The molecule has 1 aromatic heterocycles. The first-order chi connectivity index (χ1) is 7.58. The van der Waals surface area contributed by atoms with Gasteiger partial charge >= 0.3 is 0 Å². The molecule has 16 heavy (non-hydrogen) atoms. The van der Waals surface area contributed by atoms with Crippen molar-refractivity contribution in [2.24, 2.45) is 0 Å². The second-order valence-electron chi connectivity index (χ2n) is 4.36. The quantitative estimate of drug-likeness (QED) is 0.859. The maximum atomic E-state index is 13.5. The Kier molecular flexibility index (Phi) is 2.97. The highest BCUT2D eigenvalue weighted by molar-refractivity contribution is 5.82. The molecule has 0 amide bonds. The Morgan fingerprint density at radius 3 is 2.75 bits per heavy atom. The van der Waals surface area contributed by atoms with E-state index >= 15 is 0 Å². The number of nitrogens with one attached hydrogen (secondary N) is 1. The molecule has 0 aliphatic carbocycles. The van der Waals surface area contributed by atoms with Crippen molar-refractivity contribution in [3.63, 3.8) is 0 Å². The number of halogens is 1. The highest BCUT2D eigenvalue weighted by Crippen LogP contribution is 2.25. The third-order valence-electron chi connectivity index (χ3n) is 2.59. The van der Waals surface area contributed by atoms with Crippen LogP contribution in [-0.4, -0.2) is 6.04 Å². The third kappa shape index (κ3) is 2.09. The van der Waals surface area contributed by atoms with Gasteiger partial charge in [0.15, 0.2) is 11.4 Å². The maximum Gasteiger partial charge on any atom is 0.170 e. The van der Waals surface area contributed by atoms with Crippen molar-refractivity contribution in [1.82, 2.24) is 5.32 Å². The zero-order valence-corrected chi connectivity index (χ0v) is 9.80. The molecule has 0 unspecified atom stereocenters. The molecule has 0 bridgehead atoms. The molecule has 0 fully saturated rings. The van der Waals surface area contributed by atoms with Crippen LogP contribution in [0.5, 0.6) is 0 Å². The van der Waals surface area contributed by atoms with E-state index in [4.69, 9.17) is 4.42 Å². The van der Waals surface area contributed by atoms with Gasteiger partial charge in [0.2, 0.25) is 0 Å². The van der Waals surface area contributed by atoms with E-state index in [1.54, 1.807) is 6.07 Å². The molecule has 0 aliphatic rings. The fraction of sp³-hybridized carbons (Fsp3) is 0.385. The molecule has 0 atom stereocenters. The van der Waals surface area contributed by atoms with E-state index in [0.29, 0.717) is 18.2 Å². The van der Waals surface area contributed by atoms with Gasteiger partial charge in [-0.05, 0) is 24.6 Å². The second kappa shape index (κ2) is 4.26. The van der Waals surface area contributed by atoms with Crippen molar-refractivity contribution >= 4 is 11.0 Å². The minimum atomic E-state index is -0.295. The van der Waals surface area contributed by atoms with E-state index in [9.17, 15) is 4.39 Å². The lowest BCUT2D eigenvalue weighted by Crippen LogP contribution is -2.21. The van der Waals surface area contributed by atoms with Crippen molar-refractivity contribution < 1.29 is 8.81 Å². The highest BCUT2D eigenvalue weighted by atomic mass is 19.1. The zero-order chi connectivity index (χ0) is 11.7. The summed E-state index contributed by atoms with van der Waals surface area (Å²) in [6, 6.07) is 5.51. The lowest BCUT2D eigenvalue weighted by molar-refractivity contribution is 0.476. The summed E-state index contributed by atoms with van der Waals surface area (Å²) in [5.41, 5.74) is 1.40. The average Bonchev–Trinajstić information content (AvgIpc) is 2.66. The van der Waals surface area contributed by atoms with E-state index < -0.39 is 0 Å². The standard InChI is InChI=1S/C13H16FNO/c1-8(2)15-7-10-6-11-9(3)4-5-12(14)13(11)16-10/h4-6,8,15H,7H2,1-3H3. The molecule has 2 nitrogen and oxygen atoms in total. The number of furan rings is 1. The molecule has 0 radical (unpaired) electrons. The zero-order valence-electron chi connectivity index (χ0n) is 9.80. The predicted octanol–water partition coefficient (Wildman–Crippen LogP) is 3.38. The van der Waals surface area contributed by atoms with E-state index in [-0.39, 0.29) is 5.82 Å². The third-order valence-corrected chi connectivity index (χ3v) is 2.59. The van der Waals surface area contributed by atoms with Crippen molar-refractivity contribution in [2.75, 3.05) is 0 Å². The Labute approximate surface area is 94.4 Å². The number of hydrogen-bond donors (Lipinski definition) is 1. The molecule has 3 heteroatoms. The van der Waals surface area contributed by atoms with Crippen molar-refractivity contribution in [3.05, 3.63) is 35.3 Å². The van der Waals surface area contributed by atoms with Gasteiger partial charge in [-0.15, -0.1) is 0 Å². The highest BCUT2D eigenvalue weighted by Gasteiger charge is 2.10. The van der Waals surface area contributed by atoms with E-state index in [1.165, 1.54) is 6.07 Å². The van der Waals surface area contributed by atoms with Crippen LogP contribution in [0.4, 0.5) is 4.39 Å². The molecule has 2 rings (SSSR count). The molecule has 0 saturated carbocycles. The fourth-order valence-corrected chi connectivity index (χ4v) is 1.67. The van der Waals surface area contributed by atoms with Gasteiger partial charge in [0.25, 0.3) is 0 Å². The summed E-state index contributed by atoms with van der Waals surface area (Å²) in [7, 11) is 0. The topological polar surface area (TPSA) is 25.2 Å². The molecule has 86 valence electrons. The average molecular weight is 221 g/mol. The molecule has 1 heterocycles. The SMILES string of the molecule is Cc1ccc(F)c2oc(CNC(C)C)cc12. The monoisotopic (exact) mass is 221 g/mol. The molecule has 1 N–H and O–H groups in total. The Morgan fingerprint density at radius 2 is 2.12 bits per heavy atom. The summed E-state index contributed by atoms with van der Waals surface area (Å²) < 4.78 is 19.0. The minimum Gasteiger partial charge on any atom is -0.457 e. The van der Waals surface area contributed by atoms with Gasteiger partial charge in [0, 0.05) is 11.4 Å². The summed E-state index contributed by atoms with van der Waals surface area (Å²) in [5.74, 6) is 0.480. The molecule has 2 aromatic rings. The van der Waals surface area contributed by atoms with Crippen LogP contribution in [0.15, 0.2) is 22.6 Å². The number of hydrogen-bond acceptors (Lipinski definition) is 2. The van der Waals surface area contributed by atoms with Crippen molar-refractivity contribution in [1.29, 1.82) is 0 Å². The largest absolute Gasteiger partial charge is 0.457 e. The first-order valence-corrected chi connectivity index (χ1v) is 5.49. The van der Waals surface area contributed by atoms with Gasteiger partial charge < -0.3 is 9.73 Å². The summed E-state index contributed by atoms with van der Waals surface area (Å²) in [4.78, 5) is 0. The summed E-state index contributed by atoms with van der Waals surface area (Å²) in [6.45, 7) is 6.71. The van der Waals surface area contributed by atoms with Gasteiger partial charge in [-0.25, -0.2) is 4.39 Å². The van der Waals surface area contributed by atoms with E-state index in [0.717, 1.165) is 16.7 Å². The summed E-state index contributed by atoms with van der Waals surface area (Å²) in [6.07, 6.45) is 0. The van der Waals surface area contributed by atoms with Gasteiger partial charge in [-0.2, -0.15) is 0 Å². The van der Waals surface area contributed by atoms with Crippen LogP contribution in [-0.2, 0) is 6.54 Å². The van der Waals surface area contributed by atoms with Crippen LogP contribution in [0.25, 0.3) is 11.0 Å². The minimum absolute atomic E-state index is 0.295. The number of rotatable bonds is 3. The Balaban J connectivity index is 2.36. The number of aryl methyl sites for hydroxylation is 1. The predicted molar refractivity (Wildman–Crippen MR) is 62.9 cm³/mol. The van der Waals surface area contributed by atoms with Gasteiger partial charge in [0.05, 0.1) is 6.54 Å². The molecule has 1 aromatic carbocycles. The van der Waals surface area contributed by atoms with Crippen LogP contribution in [0.1, 0.15) is 25.2 Å². The van der Waals surface area contributed by atoms with E-state index in [2.05, 4.69) is 19.2 Å². The lowest BCUT2D eigenvalue weighted by atomic mass is 10.1. The van der Waals surface area contributed by atoms with Gasteiger partial charge in [-0.1, -0.05) is 19.9 Å². The Hall–Kier alpha value is -1.35. The second-order valence-corrected chi connectivity index (χ2v) is 4.36. The van der Waals surface area contributed by atoms with Crippen LogP contribution in [0, 0.1) is 12.7 Å². The molecular formula is C13H16FNO.